The van der Waals surface area contributed by atoms with Gasteiger partial charge in [0.1, 0.15) is 0 Å². The molecule has 16 aliphatic carbocycles. The van der Waals surface area contributed by atoms with Gasteiger partial charge < -0.3 is 0 Å². The van der Waals surface area contributed by atoms with Gasteiger partial charge in [-0.2, -0.15) is 0 Å². The van der Waals surface area contributed by atoms with Gasteiger partial charge in [-0.1, -0.05) is 23.3 Å². The Bertz CT molecular complexity index is 3230. The fourth-order valence-electron chi connectivity index (χ4n) is 35.1. The van der Waals surface area contributed by atoms with E-state index < -0.39 is 64.8 Å². The predicted molar refractivity (Wildman–Crippen MR) is 510 cm³/mol. The summed E-state index contributed by atoms with van der Waals surface area (Å²) in [7, 11) is -4.41. The van der Waals surface area contributed by atoms with Crippen LogP contribution in [-0.4, -0.2) is 94.3 Å². The van der Waals surface area contributed by atoms with Gasteiger partial charge in [0.05, 0.1) is 0 Å². The molecule has 0 aromatic heterocycles. The molecule has 0 aromatic rings. The molecule has 0 aromatic carbocycles. The zero-order valence-corrected chi connectivity index (χ0v) is 81.1. The highest BCUT2D eigenvalue weighted by molar-refractivity contribution is 7.86. The van der Waals surface area contributed by atoms with Crippen molar-refractivity contribution in [1.82, 2.24) is 0 Å². The smallest absolute Gasteiger partial charge is 0.0448 e. The zero-order chi connectivity index (χ0) is 81.2. The normalized spacial score (nSPS) is 51.0. The van der Waals surface area contributed by atoms with Crippen molar-refractivity contribution in [2.75, 3.05) is 69.0 Å². The van der Waals surface area contributed by atoms with Crippen molar-refractivity contribution in [2.45, 2.75) is 372 Å². The highest BCUT2D eigenvalue weighted by Gasteiger charge is 2.49. The van der Waals surface area contributed by atoms with Gasteiger partial charge >= 0.3 is 0 Å². The fraction of sp³-hybridized carbons (Fsp3) is 0.963. The Morgan fingerprint density at radius 2 is 0.308 bits per heavy atom. The number of allylic oxidation sites excluding steroid dienone is 3. The zero-order valence-electron chi connectivity index (χ0n) is 76.2. The maximum absolute atomic E-state index is 14.6. The van der Waals surface area contributed by atoms with E-state index in [-0.39, 0.29) is 0 Å². The van der Waals surface area contributed by atoms with Crippen LogP contribution < -0.4 is 0 Å². The molecule has 40 heterocycles. The Kier molecular flexibility index (Phi) is 31.7. The molecular weight excluding hydrogens is 1590 g/mol. The summed E-state index contributed by atoms with van der Waals surface area (Å²) < 4.78 is 87.5. The SMILES string of the molecule is O=S1CC2=CC=C(CC2)C2CC3C[C@H](C2)C2CCC(CC2)CS(=O)CC2CCC(CC2)C2CC4CC(C2)C2CCC(CC2)C[S@](=O)CC2CCC(CC2)C2CC(CC(C2)C2CCC(CC2)CS(=O)CC2CCC(CC2)[C@@H]2CC(C[C@@H](C2)C2CCC(CC2)CS(=O)CC2CCC4CC2)C2CCC(CC2)C[S@](=O)CC2CCC3CC2)C2CCC(CC2)C1. The molecule has 0 N–H and O–H groups in total. The summed E-state index contributed by atoms with van der Waals surface area (Å²) >= 11 is 0. The van der Waals surface area contributed by atoms with Crippen molar-refractivity contribution in [3.05, 3.63) is 23.3 Å². The van der Waals surface area contributed by atoms with E-state index in [1.807, 2.05) is 0 Å². The van der Waals surface area contributed by atoms with Crippen LogP contribution in [0.1, 0.15) is 372 Å². The second kappa shape index (κ2) is 42.5. The third-order valence-electron chi connectivity index (χ3n) is 42.1. The van der Waals surface area contributed by atoms with Crippen LogP contribution in [0.5, 0.6) is 0 Å². The van der Waals surface area contributed by atoms with Crippen molar-refractivity contribution in [3.63, 3.8) is 0 Å². The summed E-state index contributed by atoms with van der Waals surface area (Å²) in [6.07, 6.45) is 83.4. The Morgan fingerprint density at radius 3 is 0.458 bits per heavy atom. The van der Waals surface area contributed by atoms with Crippen molar-refractivity contribution >= 4 is 64.8 Å². The Hall–Kier alpha value is 0.380. The van der Waals surface area contributed by atoms with Crippen LogP contribution in [-0.2, 0) is 64.8 Å². The predicted octanol–water partition coefficient (Wildman–Crippen LogP) is 26.2. The average molecular weight is 1760 g/mol. The first-order valence-corrected chi connectivity index (χ1v) is 63.1. The topological polar surface area (TPSA) is 102 Å². The summed E-state index contributed by atoms with van der Waals surface area (Å²) in [4.78, 5) is 0. The second-order valence-electron chi connectivity index (χ2n) is 49.2. The van der Waals surface area contributed by atoms with E-state index in [1.54, 1.807) is 5.57 Å². The number of hydrogen-bond acceptors (Lipinski definition) is 6. The van der Waals surface area contributed by atoms with Crippen LogP contribution in [0, 0.1) is 201 Å². The van der Waals surface area contributed by atoms with Crippen LogP contribution >= 0.6 is 0 Å². The highest BCUT2D eigenvalue weighted by atomic mass is 32.2. The molecular formula is C108H176O6S6. The van der Waals surface area contributed by atoms with Crippen molar-refractivity contribution in [3.8, 4) is 0 Å². The third-order valence-corrected chi connectivity index (χ3v) is 52.1. The first kappa shape index (κ1) is 89.6. The monoisotopic (exact) mass is 1760 g/mol. The number of rotatable bonds is 0. The molecule has 18 atom stereocenters. The van der Waals surface area contributed by atoms with Gasteiger partial charge in [0.2, 0.25) is 0 Å². The highest BCUT2D eigenvalue weighted by Crippen LogP contribution is 2.59. The van der Waals surface area contributed by atoms with Gasteiger partial charge in [-0.25, -0.2) is 0 Å². The first-order valence-electron chi connectivity index (χ1n) is 54.1. The third kappa shape index (κ3) is 23.3. The minimum absolute atomic E-state index is 0.604. The summed E-state index contributed by atoms with van der Waals surface area (Å²) in [5.74, 6) is 37.4. The van der Waals surface area contributed by atoms with Gasteiger partial charge in [0.15, 0.2) is 0 Å². The van der Waals surface area contributed by atoms with E-state index in [2.05, 4.69) is 12.2 Å². The molecule has 36 bridgehead atoms. The van der Waals surface area contributed by atoms with Gasteiger partial charge in [0, 0.05) is 134 Å². The molecule has 15 saturated carbocycles. The minimum atomic E-state index is -0.809. The molecule has 120 heavy (non-hydrogen) atoms. The molecule has 13 unspecified atom stereocenters. The molecule has 0 radical (unpaired) electrons. The largest absolute Gasteiger partial charge is 0.260 e. The summed E-state index contributed by atoms with van der Waals surface area (Å²) in [6, 6.07) is 0. The maximum Gasteiger partial charge on any atom is 0.0448 e. The number of hydrogen-bond donors (Lipinski definition) is 0. The van der Waals surface area contributed by atoms with Crippen LogP contribution in [0.15, 0.2) is 23.3 Å². The van der Waals surface area contributed by atoms with Crippen molar-refractivity contribution in [1.29, 1.82) is 0 Å². The average Bonchev–Trinajstić information content (AvgIpc) is 0.808. The van der Waals surface area contributed by atoms with E-state index in [0.717, 1.165) is 206 Å². The lowest BCUT2D eigenvalue weighted by atomic mass is 9.58. The molecule has 12 heteroatoms. The molecule has 0 spiro atoms. The molecule has 24 saturated heterocycles. The minimum Gasteiger partial charge on any atom is -0.260 e. The summed E-state index contributed by atoms with van der Waals surface area (Å²) in [6.45, 7) is 0. The van der Waals surface area contributed by atoms with Crippen molar-refractivity contribution < 1.29 is 25.3 Å². The lowest BCUT2D eigenvalue weighted by Crippen LogP contribution is -2.38. The van der Waals surface area contributed by atoms with Gasteiger partial charge in [-0.15, -0.1) is 0 Å². The Labute approximate surface area is 750 Å². The molecule has 39 fully saturated rings. The molecule has 0 amide bonds. The van der Waals surface area contributed by atoms with Crippen LogP contribution in [0.25, 0.3) is 0 Å². The van der Waals surface area contributed by atoms with E-state index in [1.165, 1.54) is 372 Å². The summed E-state index contributed by atoms with van der Waals surface area (Å²) in [5, 5.41) is 0. The molecule has 40 aliphatic heterocycles. The standard InChI is InChI=1S/C108H176O6S6/c109-115-61-73-1-25-85(26-2-73)97-49-98-51-99(50-97)87-31-7-76(8-32-87)64-117(111)66-78-15-39-92(40-16-78)104-56-106-60-108(58-104)96-47-23-84(24-48-96)72-120(114)71-83-21-45-95(46-22-83)107-57-103(91-37-13-77(14-38-91)65-116(110)63-75-5-29-86(98)30-6-75)55-105(59-107)93-41-17-81(18-42-93)69-118(112)67-79-9-33-89(34-10-79)101-52-100(88-27-3-74(62-115)4-28-88)53-102(54-101)90-35-11-80(12-36-90)68-119(113)70-82-19-43-94(106)44-20-82/h1,25,74-84,86-108H,2-24,26-72H2/t74?,75?,76?,77?,78?,79?,80?,81?,82?,83?,84?,86?,87?,88?,89?,90?,91?,92?,93?,94?,95?,96?,97?,98-,99?,100?,101?,102?,103?,104?,105?,106+,107?,108-,115?,116?,117+,118+,119?,120?/m0/s1. The Balaban J connectivity index is 0.602. The van der Waals surface area contributed by atoms with Crippen LogP contribution in [0.3, 0.4) is 0 Å². The van der Waals surface area contributed by atoms with Crippen LogP contribution in [0.2, 0.25) is 0 Å². The quantitative estimate of drug-likeness (QED) is 0.239. The second-order valence-corrected chi connectivity index (χ2v) is 58.4. The van der Waals surface area contributed by atoms with E-state index in [0.29, 0.717) is 71.0 Å². The van der Waals surface area contributed by atoms with E-state index in [4.69, 9.17) is 0 Å². The van der Waals surface area contributed by atoms with Gasteiger partial charge in [-0.05, 0) is 574 Å². The fourth-order valence-corrected chi connectivity index (χ4v) is 46.0. The lowest BCUT2D eigenvalue weighted by molar-refractivity contribution is 0.0346. The van der Waals surface area contributed by atoms with Crippen LogP contribution in [0.4, 0.5) is 0 Å². The molecule has 680 valence electrons. The van der Waals surface area contributed by atoms with Crippen molar-refractivity contribution in [2.24, 2.45) is 201 Å². The van der Waals surface area contributed by atoms with E-state index in [9.17, 15) is 25.3 Å². The molecule has 6 nitrogen and oxygen atoms in total. The molecule has 56 rings (SSSR count). The molecule has 56 aliphatic rings. The van der Waals surface area contributed by atoms with E-state index >= 15 is 0 Å². The van der Waals surface area contributed by atoms with Gasteiger partial charge in [-0.3, -0.25) is 25.3 Å². The van der Waals surface area contributed by atoms with Gasteiger partial charge in [0.25, 0.3) is 0 Å². The Morgan fingerprint density at radius 1 is 0.158 bits per heavy atom. The lowest BCUT2D eigenvalue weighted by Gasteiger charge is -2.48. The maximum atomic E-state index is 14.6. The first-order chi connectivity index (χ1) is 58.7. The summed E-state index contributed by atoms with van der Waals surface area (Å²) in [5.41, 5.74) is 3.19.